The number of H-pyrrole nitrogens is 1. The number of nitrogens with zero attached hydrogens (tertiary/aromatic N) is 1. The molecule has 1 fully saturated rings. The maximum Gasteiger partial charge on any atom is 0.261 e. The highest BCUT2D eigenvalue weighted by Crippen LogP contribution is 2.34. The monoisotopic (exact) mass is 425 g/mol. The summed E-state index contributed by atoms with van der Waals surface area (Å²) in [5, 5.41) is 5.97. The van der Waals surface area contributed by atoms with Crippen LogP contribution in [0.25, 0.3) is 10.9 Å². The van der Waals surface area contributed by atoms with Crippen LogP contribution in [0.2, 0.25) is 0 Å². The molecule has 6 nitrogen and oxygen atoms in total. The van der Waals surface area contributed by atoms with Gasteiger partial charge in [0.1, 0.15) is 5.75 Å². The smallest absolute Gasteiger partial charge is 0.261 e. The van der Waals surface area contributed by atoms with Gasteiger partial charge in [-0.05, 0) is 60.4 Å². The molecule has 0 saturated carbocycles. The predicted molar refractivity (Wildman–Crippen MR) is 119 cm³/mol. The summed E-state index contributed by atoms with van der Waals surface area (Å²) in [4.78, 5) is 30.5. The number of carbonyl (C=O) groups is 2. The van der Waals surface area contributed by atoms with Gasteiger partial charge in [0.25, 0.3) is 5.91 Å². The van der Waals surface area contributed by atoms with Gasteiger partial charge >= 0.3 is 0 Å². The lowest BCUT2D eigenvalue weighted by atomic mass is 9.89. The molecule has 2 amide bonds. The van der Waals surface area contributed by atoms with E-state index in [4.69, 9.17) is 4.74 Å². The molecule has 0 atom stereocenters. The standard InChI is InChI=1S/C23H27N3O3S/c1-29-17-6-7-20-18(14-17)19(15-25-20)16-8-11-26(12-9-16)22(27)5-2-10-24-23(28)21-4-3-13-30-21/h3-4,6-7,13-16,25H,2,5,8-12H2,1H3,(H,24,28). The lowest BCUT2D eigenvalue weighted by Gasteiger charge is -2.32. The normalized spacial score (nSPS) is 14.8. The number of likely N-dealkylation sites (tertiary alicyclic amines) is 1. The number of aromatic nitrogens is 1. The number of carbonyl (C=O) groups excluding carboxylic acids is 2. The van der Waals surface area contributed by atoms with Crippen molar-refractivity contribution in [2.45, 2.75) is 31.6 Å². The van der Waals surface area contributed by atoms with E-state index in [1.807, 2.05) is 28.5 Å². The molecule has 0 aliphatic carbocycles. The van der Waals surface area contributed by atoms with E-state index < -0.39 is 0 Å². The summed E-state index contributed by atoms with van der Waals surface area (Å²) >= 11 is 1.42. The van der Waals surface area contributed by atoms with Crippen molar-refractivity contribution in [3.05, 3.63) is 52.3 Å². The van der Waals surface area contributed by atoms with Crippen LogP contribution in [-0.2, 0) is 4.79 Å². The Kier molecular flexibility index (Phi) is 6.38. The lowest BCUT2D eigenvalue weighted by molar-refractivity contribution is -0.132. The first-order chi connectivity index (χ1) is 14.7. The zero-order valence-corrected chi connectivity index (χ0v) is 18.0. The number of nitrogens with one attached hydrogen (secondary N) is 2. The molecular formula is C23H27N3O3S. The van der Waals surface area contributed by atoms with Gasteiger partial charge in [-0.15, -0.1) is 11.3 Å². The molecule has 7 heteroatoms. The van der Waals surface area contributed by atoms with Gasteiger partial charge in [-0.3, -0.25) is 9.59 Å². The third kappa shape index (κ3) is 4.51. The largest absolute Gasteiger partial charge is 0.497 e. The molecule has 0 spiro atoms. The van der Waals surface area contributed by atoms with Crippen LogP contribution in [0.1, 0.15) is 46.8 Å². The number of benzene rings is 1. The van der Waals surface area contributed by atoms with E-state index in [1.54, 1.807) is 13.2 Å². The molecule has 158 valence electrons. The van der Waals surface area contributed by atoms with Crippen molar-refractivity contribution < 1.29 is 14.3 Å². The topological polar surface area (TPSA) is 74.4 Å². The minimum atomic E-state index is -0.0615. The molecule has 0 radical (unpaired) electrons. The van der Waals surface area contributed by atoms with Gasteiger partial charge in [-0.2, -0.15) is 0 Å². The summed E-state index contributed by atoms with van der Waals surface area (Å²) in [5.74, 6) is 1.43. The van der Waals surface area contributed by atoms with E-state index in [9.17, 15) is 9.59 Å². The average Bonchev–Trinajstić information content (AvgIpc) is 3.46. The molecule has 3 aromatic rings. The van der Waals surface area contributed by atoms with Crippen molar-refractivity contribution in [1.82, 2.24) is 15.2 Å². The Morgan fingerprint density at radius 1 is 1.27 bits per heavy atom. The number of rotatable bonds is 7. The molecule has 0 unspecified atom stereocenters. The fourth-order valence-electron chi connectivity index (χ4n) is 4.12. The third-order valence-corrected chi connectivity index (χ3v) is 6.67. The summed E-state index contributed by atoms with van der Waals surface area (Å²) < 4.78 is 5.37. The summed E-state index contributed by atoms with van der Waals surface area (Å²) in [6.45, 7) is 2.08. The van der Waals surface area contributed by atoms with Gasteiger partial charge in [0.2, 0.25) is 5.91 Å². The Labute approximate surface area is 180 Å². The minimum absolute atomic E-state index is 0.0615. The Morgan fingerprint density at radius 2 is 2.10 bits per heavy atom. The first-order valence-electron chi connectivity index (χ1n) is 10.4. The second-order valence-corrected chi connectivity index (χ2v) is 8.60. The molecule has 2 N–H and O–H groups in total. The van der Waals surface area contributed by atoms with Gasteiger partial charge in [-0.25, -0.2) is 0 Å². The van der Waals surface area contributed by atoms with Gasteiger partial charge in [0.15, 0.2) is 0 Å². The predicted octanol–water partition coefficient (Wildman–Crippen LogP) is 4.15. The van der Waals surface area contributed by atoms with E-state index in [0.717, 1.165) is 37.2 Å². The van der Waals surface area contributed by atoms with Crippen LogP contribution in [0.15, 0.2) is 41.9 Å². The van der Waals surface area contributed by atoms with Crippen LogP contribution in [-0.4, -0.2) is 48.4 Å². The Hall–Kier alpha value is -2.80. The third-order valence-electron chi connectivity index (χ3n) is 5.81. The van der Waals surface area contributed by atoms with Crippen LogP contribution in [0, 0.1) is 0 Å². The highest BCUT2D eigenvalue weighted by Gasteiger charge is 2.25. The highest BCUT2D eigenvalue weighted by atomic mass is 32.1. The van der Waals surface area contributed by atoms with Crippen LogP contribution in [0.5, 0.6) is 5.75 Å². The van der Waals surface area contributed by atoms with Gasteiger partial charge in [0.05, 0.1) is 12.0 Å². The maximum atomic E-state index is 12.6. The number of aromatic amines is 1. The first-order valence-corrected chi connectivity index (χ1v) is 11.3. The number of fused-ring (bicyclic) bond motifs is 1. The van der Waals surface area contributed by atoms with Crippen LogP contribution < -0.4 is 10.1 Å². The number of hydrogen-bond acceptors (Lipinski definition) is 4. The number of piperidine rings is 1. The van der Waals surface area contributed by atoms with Crippen molar-refractivity contribution in [1.29, 1.82) is 0 Å². The Bertz CT molecular complexity index is 1000. The summed E-state index contributed by atoms with van der Waals surface area (Å²) in [6, 6.07) is 9.77. The number of hydrogen-bond donors (Lipinski definition) is 2. The van der Waals surface area contributed by atoms with Gasteiger partial charge in [-0.1, -0.05) is 6.07 Å². The van der Waals surface area contributed by atoms with Crippen molar-refractivity contribution in [3.8, 4) is 5.75 Å². The number of thiophene rings is 1. The van der Waals surface area contributed by atoms with Crippen LogP contribution >= 0.6 is 11.3 Å². The van der Waals surface area contributed by atoms with Crippen molar-refractivity contribution in [2.75, 3.05) is 26.7 Å². The van der Waals surface area contributed by atoms with E-state index in [2.05, 4.69) is 22.6 Å². The quantitative estimate of drug-likeness (QED) is 0.559. The summed E-state index contributed by atoms with van der Waals surface area (Å²) in [6.07, 6.45) is 5.16. The summed E-state index contributed by atoms with van der Waals surface area (Å²) in [5.41, 5.74) is 2.43. The second kappa shape index (κ2) is 9.34. The molecule has 0 bridgehead atoms. The van der Waals surface area contributed by atoms with Crippen LogP contribution in [0.3, 0.4) is 0 Å². The second-order valence-electron chi connectivity index (χ2n) is 7.65. The molecule has 1 aromatic carbocycles. The molecule has 1 aliphatic heterocycles. The van der Waals surface area contributed by atoms with Gasteiger partial charge < -0.3 is 19.9 Å². The molecule has 2 aromatic heterocycles. The molecule has 3 heterocycles. The molecule has 30 heavy (non-hydrogen) atoms. The SMILES string of the molecule is COc1ccc2[nH]cc(C3CCN(C(=O)CCCNC(=O)c4cccs4)CC3)c2c1. The zero-order valence-electron chi connectivity index (χ0n) is 17.1. The number of ether oxygens (including phenoxy) is 1. The van der Waals surface area contributed by atoms with Gasteiger partial charge in [0, 0.05) is 43.2 Å². The molecular weight excluding hydrogens is 398 g/mol. The number of amides is 2. The zero-order chi connectivity index (χ0) is 20.9. The average molecular weight is 426 g/mol. The van der Waals surface area contributed by atoms with Crippen LogP contribution in [0.4, 0.5) is 0 Å². The highest BCUT2D eigenvalue weighted by molar-refractivity contribution is 7.12. The molecule has 1 aliphatic rings. The van der Waals surface area contributed by atoms with E-state index in [-0.39, 0.29) is 11.8 Å². The lowest BCUT2D eigenvalue weighted by Crippen LogP contribution is -2.38. The fraction of sp³-hybridized carbons (Fsp3) is 0.391. The Morgan fingerprint density at radius 3 is 2.83 bits per heavy atom. The summed E-state index contributed by atoms with van der Waals surface area (Å²) in [7, 11) is 1.69. The Balaban J connectivity index is 1.24. The first kappa shape index (κ1) is 20.5. The molecule has 1 saturated heterocycles. The minimum Gasteiger partial charge on any atom is -0.497 e. The van der Waals surface area contributed by atoms with Crippen molar-refractivity contribution in [3.63, 3.8) is 0 Å². The maximum absolute atomic E-state index is 12.6. The molecule has 4 rings (SSSR count). The fourth-order valence-corrected chi connectivity index (χ4v) is 4.76. The van der Waals surface area contributed by atoms with E-state index >= 15 is 0 Å². The van der Waals surface area contributed by atoms with E-state index in [0.29, 0.717) is 30.2 Å². The van der Waals surface area contributed by atoms with Crippen molar-refractivity contribution >= 4 is 34.1 Å². The number of methoxy groups -OCH3 is 1. The van der Waals surface area contributed by atoms with Crippen molar-refractivity contribution in [2.24, 2.45) is 0 Å². The van der Waals surface area contributed by atoms with E-state index in [1.165, 1.54) is 22.3 Å².